The number of ether oxygens (including phenoxy) is 2. The molecule has 0 atom stereocenters. The summed E-state index contributed by atoms with van der Waals surface area (Å²) in [6, 6.07) is 1.70. The van der Waals surface area contributed by atoms with E-state index in [2.05, 4.69) is 15.0 Å². The van der Waals surface area contributed by atoms with E-state index in [1.165, 1.54) is 25.5 Å². The van der Waals surface area contributed by atoms with Crippen molar-refractivity contribution in [2.45, 2.75) is 6.61 Å². The number of hydrogen-bond acceptors (Lipinski definition) is 5. The number of methoxy groups -OCH3 is 2. The van der Waals surface area contributed by atoms with Gasteiger partial charge in [-0.3, -0.25) is 9.78 Å². The van der Waals surface area contributed by atoms with Gasteiger partial charge in [-0.05, 0) is 11.6 Å². The van der Waals surface area contributed by atoms with E-state index in [9.17, 15) is 9.59 Å². The maximum absolute atomic E-state index is 11.8. The first-order valence-corrected chi connectivity index (χ1v) is 5.63. The molecule has 0 unspecified atom stereocenters. The molecule has 0 saturated heterocycles. The van der Waals surface area contributed by atoms with Crippen LogP contribution >= 0.6 is 0 Å². The van der Waals surface area contributed by atoms with Crippen LogP contribution in [-0.2, 0) is 20.9 Å². The molecule has 1 amide bonds. The molecule has 0 fully saturated rings. The van der Waals surface area contributed by atoms with Crippen molar-refractivity contribution in [3.05, 3.63) is 41.7 Å². The van der Waals surface area contributed by atoms with Gasteiger partial charge in [0.2, 0.25) is 0 Å². The Kier molecular flexibility index (Phi) is 6.25. The predicted octanol–water partition coefficient (Wildman–Crippen LogP) is 0.687. The molecule has 6 heteroatoms. The maximum Gasteiger partial charge on any atom is 0.330 e. The van der Waals surface area contributed by atoms with Gasteiger partial charge >= 0.3 is 5.97 Å². The molecule has 1 heterocycles. The Labute approximate surface area is 111 Å². The maximum atomic E-state index is 11.8. The van der Waals surface area contributed by atoms with Crippen LogP contribution in [0.15, 0.2) is 30.6 Å². The highest BCUT2D eigenvalue weighted by Gasteiger charge is 2.05. The smallest absolute Gasteiger partial charge is 0.330 e. The lowest BCUT2D eigenvalue weighted by molar-refractivity contribution is -0.134. The van der Waals surface area contributed by atoms with Crippen LogP contribution in [0.2, 0.25) is 0 Å². The second-order valence-corrected chi connectivity index (χ2v) is 3.65. The predicted molar refractivity (Wildman–Crippen MR) is 68.4 cm³/mol. The normalized spacial score (nSPS) is 10.4. The largest absolute Gasteiger partial charge is 0.466 e. The topological polar surface area (TPSA) is 77.5 Å². The lowest BCUT2D eigenvalue weighted by Crippen LogP contribution is -2.23. The van der Waals surface area contributed by atoms with Gasteiger partial charge in [0.15, 0.2) is 0 Å². The third-order valence-electron chi connectivity index (χ3n) is 2.20. The third kappa shape index (κ3) is 5.31. The van der Waals surface area contributed by atoms with Crippen LogP contribution in [0.5, 0.6) is 0 Å². The molecule has 102 valence electrons. The van der Waals surface area contributed by atoms with E-state index < -0.39 is 5.97 Å². The van der Waals surface area contributed by atoms with E-state index in [0.29, 0.717) is 12.2 Å². The molecule has 0 bridgehead atoms. The number of amides is 1. The Morgan fingerprint density at radius 1 is 1.37 bits per heavy atom. The zero-order chi connectivity index (χ0) is 14.1. The molecule has 1 rings (SSSR count). The summed E-state index contributed by atoms with van der Waals surface area (Å²) in [5.74, 6) is -0.724. The average molecular weight is 264 g/mol. The summed E-state index contributed by atoms with van der Waals surface area (Å²) in [6.07, 6.45) is 5.87. The Hall–Kier alpha value is -2.21. The van der Waals surface area contributed by atoms with Gasteiger partial charge < -0.3 is 14.8 Å². The summed E-state index contributed by atoms with van der Waals surface area (Å²) in [5.41, 5.74) is 1.27. The molecular formula is C13H16N2O4. The van der Waals surface area contributed by atoms with E-state index >= 15 is 0 Å². The van der Waals surface area contributed by atoms with E-state index in [1.54, 1.807) is 19.4 Å². The molecular weight excluding hydrogens is 248 g/mol. The lowest BCUT2D eigenvalue weighted by Gasteiger charge is -2.04. The summed E-state index contributed by atoms with van der Waals surface area (Å²) in [4.78, 5) is 26.5. The number of aromatic nitrogens is 1. The van der Waals surface area contributed by atoms with E-state index in [0.717, 1.165) is 5.56 Å². The SMILES string of the molecule is COCc1cncc(C(=O)NC/C=C/C(=O)OC)c1. The van der Waals surface area contributed by atoms with Crippen molar-refractivity contribution in [2.24, 2.45) is 0 Å². The number of rotatable bonds is 6. The Balaban J connectivity index is 2.51. The van der Waals surface area contributed by atoms with Crippen LogP contribution in [0.25, 0.3) is 0 Å². The molecule has 0 aliphatic heterocycles. The molecule has 0 aliphatic rings. The van der Waals surface area contributed by atoms with Crippen LogP contribution in [0, 0.1) is 0 Å². The first-order chi connectivity index (χ1) is 9.17. The van der Waals surface area contributed by atoms with Gasteiger partial charge in [-0.2, -0.15) is 0 Å². The third-order valence-corrected chi connectivity index (χ3v) is 2.20. The van der Waals surface area contributed by atoms with E-state index in [1.807, 2.05) is 0 Å². The van der Waals surface area contributed by atoms with Crippen molar-refractivity contribution >= 4 is 11.9 Å². The number of esters is 1. The van der Waals surface area contributed by atoms with Crippen LogP contribution < -0.4 is 5.32 Å². The van der Waals surface area contributed by atoms with Gasteiger partial charge in [0.25, 0.3) is 5.91 Å². The second-order valence-electron chi connectivity index (χ2n) is 3.65. The number of nitrogens with one attached hydrogen (secondary N) is 1. The first-order valence-electron chi connectivity index (χ1n) is 5.63. The van der Waals surface area contributed by atoms with Crippen molar-refractivity contribution in [1.29, 1.82) is 0 Å². The lowest BCUT2D eigenvalue weighted by atomic mass is 10.2. The molecule has 1 aromatic heterocycles. The molecule has 0 radical (unpaired) electrons. The fraction of sp³-hybridized carbons (Fsp3) is 0.308. The van der Waals surface area contributed by atoms with Gasteiger partial charge in [-0.25, -0.2) is 4.79 Å². The number of nitrogens with zero attached hydrogens (tertiary/aromatic N) is 1. The highest BCUT2D eigenvalue weighted by molar-refractivity contribution is 5.94. The zero-order valence-corrected chi connectivity index (χ0v) is 10.9. The molecule has 6 nitrogen and oxygen atoms in total. The minimum absolute atomic E-state index is 0.239. The summed E-state index contributed by atoms with van der Waals surface area (Å²) in [5, 5.41) is 2.63. The summed E-state index contributed by atoms with van der Waals surface area (Å²) < 4.78 is 9.39. The number of hydrogen-bond donors (Lipinski definition) is 1. The zero-order valence-electron chi connectivity index (χ0n) is 10.9. The van der Waals surface area contributed by atoms with Crippen molar-refractivity contribution < 1.29 is 19.1 Å². The molecule has 0 aliphatic carbocycles. The van der Waals surface area contributed by atoms with Gasteiger partial charge in [0.1, 0.15) is 0 Å². The second kappa shape index (κ2) is 7.99. The molecule has 1 N–H and O–H groups in total. The number of carbonyl (C=O) groups is 2. The summed E-state index contributed by atoms with van der Waals surface area (Å²) in [7, 11) is 2.86. The Morgan fingerprint density at radius 2 is 2.16 bits per heavy atom. The van der Waals surface area contributed by atoms with Crippen LogP contribution in [-0.4, -0.2) is 37.6 Å². The monoisotopic (exact) mass is 264 g/mol. The minimum atomic E-state index is -0.460. The minimum Gasteiger partial charge on any atom is -0.466 e. The first kappa shape index (κ1) is 14.8. The van der Waals surface area contributed by atoms with Crippen molar-refractivity contribution in [1.82, 2.24) is 10.3 Å². The number of carbonyl (C=O) groups excluding carboxylic acids is 2. The molecule has 0 saturated carbocycles. The van der Waals surface area contributed by atoms with Crippen molar-refractivity contribution in [3.8, 4) is 0 Å². The van der Waals surface area contributed by atoms with Crippen LogP contribution in [0.4, 0.5) is 0 Å². The fourth-order valence-electron chi connectivity index (χ4n) is 1.33. The summed E-state index contributed by atoms with van der Waals surface area (Å²) >= 11 is 0. The van der Waals surface area contributed by atoms with Crippen LogP contribution in [0.1, 0.15) is 15.9 Å². The molecule has 0 spiro atoms. The van der Waals surface area contributed by atoms with Gasteiger partial charge in [-0.1, -0.05) is 6.08 Å². The van der Waals surface area contributed by atoms with Crippen molar-refractivity contribution in [2.75, 3.05) is 20.8 Å². The molecule has 19 heavy (non-hydrogen) atoms. The number of pyridine rings is 1. The van der Waals surface area contributed by atoms with Gasteiger partial charge in [0.05, 0.1) is 19.3 Å². The Morgan fingerprint density at radius 3 is 2.84 bits per heavy atom. The van der Waals surface area contributed by atoms with Gasteiger partial charge in [0, 0.05) is 32.1 Å². The standard InChI is InChI=1S/C13H16N2O4/c1-18-9-10-6-11(8-14-7-10)13(17)15-5-3-4-12(16)19-2/h3-4,6-8H,5,9H2,1-2H3,(H,15,17)/b4-3+. The average Bonchev–Trinajstić information content (AvgIpc) is 2.43. The summed E-state index contributed by atoms with van der Waals surface area (Å²) in [6.45, 7) is 0.638. The fourth-order valence-corrected chi connectivity index (χ4v) is 1.33. The van der Waals surface area contributed by atoms with E-state index in [4.69, 9.17) is 4.74 Å². The Bertz CT molecular complexity index is 471. The molecule has 0 aromatic carbocycles. The van der Waals surface area contributed by atoms with Crippen molar-refractivity contribution in [3.63, 3.8) is 0 Å². The van der Waals surface area contributed by atoms with E-state index in [-0.39, 0.29) is 12.5 Å². The van der Waals surface area contributed by atoms with Crippen LogP contribution in [0.3, 0.4) is 0 Å². The molecule has 1 aromatic rings. The van der Waals surface area contributed by atoms with Gasteiger partial charge in [-0.15, -0.1) is 0 Å². The quantitative estimate of drug-likeness (QED) is 0.604. The highest BCUT2D eigenvalue weighted by Crippen LogP contribution is 2.03. The highest BCUT2D eigenvalue weighted by atomic mass is 16.5.